The van der Waals surface area contributed by atoms with Crippen molar-refractivity contribution in [3.63, 3.8) is 0 Å². The number of hydrogen-bond acceptors (Lipinski definition) is 2. The zero-order valence-electron chi connectivity index (χ0n) is 11.7. The number of carbonyl (C=O) groups excluding carboxylic acids is 1. The molecule has 0 radical (unpaired) electrons. The summed E-state index contributed by atoms with van der Waals surface area (Å²) in [7, 11) is 0. The molecular formula is C15H20F2N2O. The minimum Gasteiger partial charge on any atom is -0.352 e. The zero-order valence-corrected chi connectivity index (χ0v) is 11.7. The standard InChI is InChI=1S/C15H20F2N2O/c1-10-3-2-4-11(9-10)5-7-19-15(20)12-6-8-18-14(17)13(12)16/h6,8,10-11H,2-5,7,9H2,1H3,(H,19,20). The van der Waals surface area contributed by atoms with E-state index in [0.717, 1.165) is 18.5 Å². The van der Waals surface area contributed by atoms with Gasteiger partial charge in [-0.1, -0.05) is 26.2 Å². The molecule has 1 heterocycles. The lowest BCUT2D eigenvalue weighted by Gasteiger charge is -2.26. The van der Waals surface area contributed by atoms with Crippen molar-refractivity contribution in [2.75, 3.05) is 6.54 Å². The van der Waals surface area contributed by atoms with Crippen LogP contribution < -0.4 is 5.32 Å². The van der Waals surface area contributed by atoms with Gasteiger partial charge in [0.05, 0.1) is 5.56 Å². The SMILES string of the molecule is CC1CCCC(CCNC(=O)c2ccnc(F)c2F)C1. The summed E-state index contributed by atoms with van der Waals surface area (Å²) in [4.78, 5) is 14.9. The third-order valence-electron chi connectivity index (χ3n) is 3.97. The number of carbonyl (C=O) groups is 1. The summed E-state index contributed by atoms with van der Waals surface area (Å²) in [5, 5.41) is 2.66. The molecule has 1 amide bonds. The molecule has 20 heavy (non-hydrogen) atoms. The van der Waals surface area contributed by atoms with Crippen LogP contribution in [0, 0.1) is 23.6 Å². The average Bonchev–Trinajstić information content (AvgIpc) is 2.42. The fraction of sp³-hybridized carbons (Fsp3) is 0.600. The van der Waals surface area contributed by atoms with Gasteiger partial charge in [-0.05, 0) is 30.7 Å². The Bertz CT molecular complexity index is 479. The van der Waals surface area contributed by atoms with Crippen molar-refractivity contribution in [3.05, 3.63) is 29.6 Å². The van der Waals surface area contributed by atoms with Crippen LogP contribution in [0.25, 0.3) is 0 Å². The lowest BCUT2D eigenvalue weighted by atomic mass is 9.81. The largest absolute Gasteiger partial charge is 0.352 e. The molecule has 3 nitrogen and oxygen atoms in total. The van der Waals surface area contributed by atoms with Crippen LogP contribution in [0.5, 0.6) is 0 Å². The summed E-state index contributed by atoms with van der Waals surface area (Å²) >= 11 is 0. The minimum absolute atomic E-state index is 0.283. The van der Waals surface area contributed by atoms with Gasteiger partial charge in [0, 0.05) is 12.7 Å². The molecule has 0 spiro atoms. The summed E-state index contributed by atoms with van der Waals surface area (Å²) in [6.45, 7) is 2.75. The van der Waals surface area contributed by atoms with E-state index < -0.39 is 17.7 Å². The predicted molar refractivity (Wildman–Crippen MR) is 72.2 cm³/mol. The highest BCUT2D eigenvalue weighted by Crippen LogP contribution is 2.30. The Kier molecular flexibility index (Phi) is 5.04. The van der Waals surface area contributed by atoms with Gasteiger partial charge < -0.3 is 5.32 Å². The number of pyridine rings is 1. The maximum atomic E-state index is 13.4. The second-order valence-electron chi connectivity index (χ2n) is 5.65. The molecule has 1 aliphatic carbocycles. The Morgan fingerprint density at radius 1 is 1.45 bits per heavy atom. The van der Waals surface area contributed by atoms with Gasteiger partial charge >= 0.3 is 0 Å². The van der Waals surface area contributed by atoms with E-state index in [2.05, 4.69) is 17.2 Å². The van der Waals surface area contributed by atoms with Crippen LogP contribution in [0.4, 0.5) is 8.78 Å². The van der Waals surface area contributed by atoms with Gasteiger partial charge in [-0.3, -0.25) is 4.79 Å². The van der Waals surface area contributed by atoms with E-state index in [1.54, 1.807) is 0 Å². The molecule has 0 bridgehead atoms. The number of nitrogens with zero attached hydrogens (tertiary/aromatic N) is 1. The third kappa shape index (κ3) is 3.74. The number of rotatable bonds is 4. The molecule has 0 aliphatic heterocycles. The van der Waals surface area contributed by atoms with Gasteiger partial charge in [0.25, 0.3) is 5.91 Å². The summed E-state index contributed by atoms with van der Waals surface area (Å²) < 4.78 is 26.3. The predicted octanol–water partition coefficient (Wildman–Crippen LogP) is 3.31. The first kappa shape index (κ1) is 14.9. The van der Waals surface area contributed by atoms with Crippen LogP contribution in [-0.2, 0) is 0 Å². The van der Waals surface area contributed by atoms with Gasteiger partial charge in [0.2, 0.25) is 5.95 Å². The van der Waals surface area contributed by atoms with Crippen molar-refractivity contribution >= 4 is 5.91 Å². The van der Waals surface area contributed by atoms with E-state index >= 15 is 0 Å². The number of halogens is 2. The van der Waals surface area contributed by atoms with Crippen molar-refractivity contribution in [1.82, 2.24) is 10.3 Å². The first-order valence-corrected chi connectivity index (χ1v) is 7.16. The van der Waals surface area contributed by atoms with Crippen molar-refractivity contribution in [2.24, 2.45) is 11.8 Å². The van der Waals surface area contributed by atoms with Crippen molar-refractivity contribution < 1.29 is 13.6 Å². The van der Waals surface area contributed by atoms with Gasteiger partial charge in [-0.2, -0.15) is 4.39 Å². The molecule has 5 heteroatoms. The highest BCUT2D eigenvalue weighted by Gasteiger charge is 2.19. The Labute approximate surface area is 117 Å². The van der Waals surface area contributed by atoms with Crippen LogP contribution in [-0.4, -0.2) is 17.4 Å². The molecule has 1 aromatic heterocycles. The average molecular weight is 282 g/mol. The summed E-state index contributed by atoms with van der Waals surface area (Å²) in [5.74, 6) is -1.63. The lowest BCUT2D eigenvalue weighted by molar-refractivity contribution is 0.0944. The molecule has 1 N–H and O–H groups in total. The molecule has 2 unspecified atom stereocenters. The van der Waals surface area contributed by atoms with Gasteiger partial charge in [0.1, 0.15) is 0 Å². The topological polar surface area (TPSA) is 42.0 Å². The Morgan fingerprint density at radius 3 is 3.00 bits per heavy atom. The molecule has 0 aromatic carbocycles. The number of hydrogen-bond donors (Lipinski definition) is 1. The summed E-state index contributed by atoms with van der Waals surface area (Å²) in [6, 6.07) is 1.19. The quantitative estimate of drug-likeness (QED) is 0.861. The normalized spacial score (nSPS) is 22.6. The Balaban J connectivity index is 1.82. The molecule has 1 aromatic rings. The Morgan fingerprint density at radius 2 is 2.25 bits per heavy atom. The third-order valence-corrected chi connectivity index (χ3v) is 3.97. The number of amides is 1. The maximum absolute atomic E-state index is 13.4. The summed E-state index contributed by atoms with van der Waals surface area (Å²) in [6.07, 6.45) is 6.89. The fourth-order valence-electron chi connectivity index (χ4n) is 2.90. The van der Waals surface area contributed by atoms with E-state index in [-0.39, 0.29) is 5.56 Å². The molecule has 110 valence electrons. The van der Waals surface area contributed by atoms with Gasteiger partial charge in [0.15, 0.2) is 5.82 Å². The first-order valence-electron chi connectivity index (χ1n) is 7.16. The second-order valence-corrected chi connectivity index (χ2v) is 5.65. The van der Waals surface area contributed by atoms with E-state index in [1.807, 2.05) is 0 Å². The molecule has 1 aliphatic rings. The second kappa shape index (κ2) is 6.77. The van der Waals surface area contributed by atoms with E-state index in [9.17, 15) is 13.6 Å². The van der Waals surface area contributed by atoms with E-state index in [4.69, 9.17) is 0 Å². The van der Waals surface area contributed by atoms with Crippen LogP contribution in [0.1, 0.15) is 49.4 Å². The lowest BCUT2D eigenvalue weighted by Crippen LogP contribution is -2.28. The highest BCUT2D eigenvalue weighted by atomic mass is 19.2. The Hall–Kier alpha value is -1.52. The van der Waals surface area contributed by atoms with Gasteiger partial charge in [-0.15, -0.1) is 0 Å². The van der Waals surface area contributed by atoms with Crippen molar-refractivity contribution in [2.45, 2.75) is 39.0 Å². The molecule has 1 fully saturated rings. The molecular weight excluding hydrogens is 262 g/mol. The highest BCUT2D eigenvalue weighted by molar-refractivity contribution is 5.94. The molecule has 2 rings (SSSR count). The fourth-order valence-corrected chi connectivity index (χ4v) is 2.90. The first-order chi connectivity index (χ1) is 9.58. The summed E-state index contributed by atoms with van der Waals surface area (Å²) in [5.41, 5.74) is -0.283. The van der Waals surface area contributed by atoms with Crippen LogP contribution in [0.2, 0.25) is 0 Å². The molecule has 1 saturated carbocycles. The van der Waals surface area contributed by atoms with E-state index in [1.165, 1.54) is 31.7 Å². The van der Waals surface area contributed by atoms with Crippen molar-refractivity contribution in [3.8, 4) is 0 Å². The van der Waals surface area contributed by atoms with Gasteiger partial charge in [-0.25, -0.2) is 9.37 Å². The van der Waals surface area contributed by atoms with Crippen molar-refractivity contribution in [1.29, 1.82) is 0 Å². The van der Waals surface area contributed by atoms with Crippen LogP contribution in [0.3, 0.4) is 0 Å². The number of nitrogens with one attached hydrogen (secondary N) is 1. The van der Waals surface area contributed by atoms with E-state index in [0.29, 0.717) is 12.5 Å². The van der Waals surface area contributed by atoms with Crippen LogP contribution >= 0.6 is 0 Å². The number of aromatic nitrogens is 1. The monoisotopic (exact) mass is 282 g/mol. The smallest absolute Gasteiger partial charge is 0.254 e. The molecule has 0 saturated heterocycles. The maximum Gasteiger partial charge on any atom is 0.254 e. The van der Waals surface area contributed by atoms with Crippen LogP contribution in [0.15, 0.2) is 12.3 Å². The minimum atomic E-state index is -1.24. The zero-order chi connectivity index (χ0) is 14.5. The molecule has 2 atom stereocenters.